The Hall–Kier alpha value is -2.24. The van der Waals surface area contributed by atoms with Crippen molar-refractivity contribution in [3.63, 3.8) is 0 Å². The van der Waals surface area contributed by atoms with Gasteiger partial charge in [-0.15, -0.1) is 0 Å². The second kappa shape index (κ2) is 8.79. The van der Waals surface area contributed by atoms with E-state index in [0.29, 0.717) is 19.6 Å². The van der Waals surface area contributed by atoms with E-state index in [4.69, 9.17) is 9.84 Å². The molecule has 0 fully saturated rings. The zero-order chi connectivity index (χ0) is 14.8. The fourth-order valence-corrected chi connectivity index (χ4v) is 1.66. The molecule has 0 spiro atoms. The molecular weight excluding hydrogens is 260 g/mol. The SMILES string of the molecule is CCOc1ccccc1CCNC(=O)NCCC(=O)O. The number of hydrogen-bond donors (Lipinski definition) is 3. The van der Waals surface area contributed by atoms with Crippen LogP contribution in [0.1, 0.15) is 18.9 Å². The van der Waals surface area contributed by atoms with Crippen LogP contribution in [0.2, 0.25) is 0 Å². The van der Waals surface area contributed by atoms with E-state index < -0.39 is 5.97 Å². The lowest BCUT2D eigenvalue weighted by molar-refractivity contribution is -0.136. The first kappa shape index (κ1) is 15.8. The molecule has 6 heteroatoms. The summed E-state index contributed by atoms with van der Waals surface area (Å²) in [6, 6.07) is 7.31. The Morgan fingerprint density at radius 1 is 1.20 bits per heavy atom. The van der Waals surface area contributed by atoms with E-state index >= 15 is 0 Å². The number of nitrogens with one attached hydrogen (secondary N) is 2. The van der Waals surface area contributed by atoms with Crippen LogP contribution in [0.4, 0.5) is 4.79 Å². The molecule has 0 heterocycles. The molecule has 0 aliphatic rings. The number of carboxylic acid groups (broad SMARTS) is 1. The van der Waals surface area contributed by atoms with Crippen LogP contribution in [-0.2, 0) is 11.2 Å². The Morgan fingerprint density at radius 2 is 1.90 bits per heavy atom. The minimum atomic E-state index is -0.934. The van der Waals surface area contributed by atoms with Crippen LogP contribution < -0.4 is 15.4 Å². The smallest absolute Gasteiger partial charge is 0.314 e. The van der Waals surface area contributed by atoms with Gasteiger partial charge in [-0.3, -0.25) is 4.79 Å². The van der Waals surface area contributed by atoms with Crippen LogP contribution >= 0.6 is 0 Å². The van der Waals surface area contributed by atoms with Gasteiger partial charge in [-0.05, 0) is 25.0 Å². The quantitative estimate of drug-likeness (QED) is 0.671. The summed E-state index contributed by atoms with van der Waals surface area (Å²) in [5, 5.41) is 13.6. The second-order valence-electron chi connectivity index (χ2n) is 4.12. The summed E-state index contributed by atoms with van der Waals surface area (Å²) in [5.74, 6) is -0.112. The highest BCUT2D eigenvalue weighted by molar-refractivity contribution is 5.74. The number of carboxylic acids is 1. The zero-order valence-corrected chi connectivity index (χ0v) is 11.5. The number of benzene rings is 1. The molecule has 0 bridgehead atoms. The molecule has 1 rings (SSSR count). The molecule has 2 amide bonds. The van der Waals surface area contributed by atoms with Crippen molar-refractivity contribution in [3.05, 3.63) is 29.8 Å². The lowest BCUT2D eigenvalue weighted by Crippen LogP contribution is -2.37. The van der Waals surface area contributed by atoms with Gasteiger partial charge in [0, 0.05) is 13.1 Å². The molecule has 0 saturated heterocycles. The van der Waals surface area contributed by atoms with E-state index in [1.54, 1.807) is 0 Å². The van der Waals surface area contributed by atoms with E-state index in [0.717, 1.165) is 11.3 Å². The summed E-state index contributed by atoms with van der Waals surface area (Å²) in [6.45, 7) is 3.10. The molecule has 0 aromatic heterocycles. The summed E-state index contributed by atoms with van der Waals surface area (Å²) < 4.78 is 5.49. The van der Waals surface area contributed by atoms with E-state index in [1.807, 2.05) is 31.2 Å². The van der Waals surface area contributed by atoms with E-state index in [1.165, 1.54) is 0 Å². The largest absolute Gasteiger partial charge is 0.494 e. The Labute approximate surface area is 118 Å². The summed E-state index contributed by atoms with van der Waals surface area (Å²) in [6.07, 6.45) is 0.573. The maximum Gasteiger partial charge on any atom is 0.314 e. The third-order valence-corrected chi connectivity index (χ3v) is 2.58. The summed E-state index contributed by atoms with van der Waals surface area (Å²) in [7, 11) is 0. The fraction of sp³-hybridized carbons (Fsp3) is 0.429. The fourth-order valence-electron chi connectivity index (χ4n) is 1.66. The summed E-state index contributed by atoms with van der Waals surface area (Å²) in [4.78, 5) is 21.7. The lowest BCUT2D eigenvalue weighted by atomic mass is 10.1. The highest BCUT2D eigenvalue weighted by Gasteiger charge is 2.04. The van der Waals surface area contributed by atoms with Crippen molar-refractivity contribution >= 4 is 12.0 Å². The first-order chi connectivity index (χ1) is 9.63. The minimum Gasteiger partial charge on any atom is -0.494 e. The molecule has 3 N–H and O–H groups in total. The Balaban J connectivity index is 2.30. The van der Waals surface area contributed by atoms with E-state index in [2.05, 4.69) is 10.6 Å². The molecular formula is C14H20N2O4. The number of rotatable bonds is 8. The van der Waals surface area contributed by atoms with Crippen molar-refractivity contribution in [3.8, 4) is 5.75 Å². The molecule has 110 valence electrons. The van der Waals surface area contributed by atoms with Crippen molar-refractivity contribution in [2.75, 3.05) is 19.7 Å². The average Bonchev–Trinajstić information content (AvgIpc) is 2.40. The normalized spacial score (nSPS) is 9.85. The van der Waals surface area contributed by atoms with Crippen molar-refractivity contribution in [2.24, 2.45) is 0 Å². The van der Waals surface area contributed by atoms with Gasteiger partial charge < -0.3 is 20.5 Å². The summed E-state index contributed by atoms with van der Waals surface area (Å²) in [5.41, 5.74) is 1.03. The van der Waals surface area contributed by atoms with Crippen molar-refractivity contribution in [1.82, 2.24) is 10.6 Å². The first-order valence-corrected chi connectivity index (χ1v) is 6.57. The number of carbonyl (C=O) groups is 2. The number of carbonyl (C=O) groups excluding carboxylic acids is 1. The average molecular weight is 280 g/mol. The van der Waals surface area contributed by atoms with Crippen LogP contribution in [0.3, 0.4) is 0 Å². The van der Waals surface area contributed by atoms with Crippen LogP contribution in [0.25, 0.3) is 0 Å². The van der Waals surface area contributed by atoms with Gasteiger partial charge >= 0.3 is 12.0 Å². The van der Waals surface area contributed by atoms with Gasteiger partial charge in [0.2, 0.25) is 0 Å². The molecule has 1 aromatic rings. The second-order valence-corrected chi connectivity index (χ2v) is 4.12. The zero-order valence-electron chi connectivity index (χ0n) is 11.5. The number of aliphatic carboxylic acids is 1. The lowest BCUT2D eigenvalue weighted by Gasteiger charge is -2.10. The van der Waals surface area contributed by atoms with Gasteiger partial charge in [0.25, 0.3) is 0 Å². The Bertz CT molecular complexity index is 449. The van der Waals surface area contributed by atoms with Crippen LogP contribution in [0.15, 0.2) is 24.3 Å². The first-order valence-electron chi connectivity index (χ1n) is 6.57. The van der Waals surface area contributed by atoms with Crippen molar-refractivity contribution < 1.29 is 19.4 Å². The van der Waals surface area contributed by atoms with Gasteiger partial charge in [-0.2, -0.15) is 0 Å². The number of urea groups is 1. The molecule has 1 aromatic carbocycles. The van der Waals surface area contributed by atoms with Gasteiger partial charge in [0.1, 0.15) is 5.75 Å². The van der Waals surface area contributed by atoms with E-state index in [9.17, 15) is 9.59 Å². The van der Waals surface area contributed by atoms with Crippen molar-refractivity contribution in [1.29, 1.82) is 0 Å². The van der Waals surface area contributed by atoms with E-state index in [-0.39, 0.29) is 19.0 Å². The standard InChI is InChI=1S/C14H20N2O4/c1-2-20-12-6-4-3-5-11(12)7-9-15-14(19)16-10-8-13(17)18/h3-6H,2,7-10H2,1H3,(H,17,18)(H2,15,16,19). The molecule has 0 unspecified atom stereocenters. The number of amides is 2. The Kier molecular flexibility index (Phi) is 6.95. The molecule has 0 radical (unpaired) electrons. The maximum absolute atomic E-state index is 11.4. The topological polar surface area (TPSA) is 87.7 Å². The summed E-state index contributed by atoms with van der Waals surface area (Å²) >= 11 is 0. The number of para-hydroxylation sites is 1. The maximum atomic E-state index is 11.4. The van der Waals surface area contributed by atoms with Crippen LogP contribution in [0, 0.1) is 0 Å². The van der Waals surface area contributed by atoms with Gasteiger partial charge in [-0.25, -0.2) is 4.79 Å². The molecule has 0 aliphatic heterocycles. The van der Waals surface area contributed by atoms with Gasteiger partial charge in [0.05, 0.1) is 13.0 Å². The Morgan fingerprint density at radius 3 is 2.60 bits per heavy atom. The predicted molar refractivity (Wildman–Crippen MR) is 75.0 cm³/mol. The molecule has 0 atom stereocenters. The third-order valence-electron chi connectivity index (χ3n) is 2.58. The van der Waals surface area contributed by atoms with Crippen LogP contribution in [0.5, 0.6) is 5.75 Å². The highest BCUT2D eigenvalue weighted by Crippen LogP contribution is 2.17. The molecule has 0 aliphatic carbocycles. The van der Waals surface area contributed by atoms with Gasteiger partial charge in [0.15, 0.2) is 0 Å². The number of hydrogen-bond acceptors (Lipinski definition) is 3. The highest BCUT2D eigenvalue weighted by atomic mass is 16.5. The number of ether oxygens (including phenoxy) is 1. The van der Waals surface area contributed by atoms with Crippen LogP contribution in [-0.4, -0.2) is 36.8 Å². The monoisotopic (exact) mass is 280 g/mol. The molecule has 6 nitrogen and oxygen atoms in total. The van der Waals surface area contributed by atoms with Gasteiger partial charge in [-0.1, -0.05) is 18.2 Å². The predicted octanol–water partition coefficient (Wildman–Crippen LogP) is 1.40. The molecule has 0 saturated carbocycles. The third kappa shape index (κ3) is 6.08. The van der Waals surface area contributed by atoms with Crippen molar-refractivity contribution in [2.45, 2.75) is 19.8 Å². The molecule has 20 heavy (non-hydrogen) atoms. The minimum absolute atomic E-state index is 0.0827.